The molecule has 0 heterocycles. The monoisotopic (exact) mass is 1750 g/mol. The van der Waals surface area contributed by atoms with Gasteiger partial charge in [0.25, 0.3) is 0 Å². The van der Waals surface area contributed by atoms with Crippen LogP contribution in [-0.2, 0) is 533 Å². The van der Waals surface area contributed by atoms with E-state index >= 15 is 0 Å². The summed E-state index contributed by atoms with van der Waals surface area (Å²) in [6, 6.07) is 0. The quantitative estimate of drug-likeness (QED) is 0.157. The van der Waals surface area contributed by atoms with Crippen molar-refractivity contribution in [3.63, 3.8) is 0 Å². The van der Waals surface area contributed by atoms with Crippen LogP contribution in [0.1, 0.15) is 48.0 Å². The molecule has 0 amide bonds. The molecule has 0 bridgehead atoms. The number of hydrogen-bond acceptors (Lipinski definition) is 2. The fraction of sp³-hybridized carbons (Fsp3) is 0.455. The minimum Gasteiger partial charge on any atom is -0.469 e. The Bertz CT molecular complexity index is 505. The van der Waals surface area contributed by atoms with Crippen molar-refractivity contribution in [3.8, 4) is 0 Å². The van der Waals surface area contributed by atoms with Gasteiger partial charge in [0.1, 0.15) is 0 Å². The molecule has 0 N–H and O–H groups in total. The van der Waals surface area contributed by atoms with Crippen molar-refractivity contribution in [1.29, 1.82) is 0 Å². The van der Waals surface area contributed by atoms with Crippen LogP contribution in [0.2, 0.25) is 0 Å². The van der Waals surface area contributed by atoms with Crippen molar-refractivity contribution >= 4 is 5.97 Å². The molecule has 18 heteroatoms. The minimum absolute atomic E-state index is 0. The third kappa shape index (κ3) is 68.5. The fourth-order valence-electron chi connectivity index (χ4n) is 1.95. The molecule has 184 valence electrons. The molecule has 0 saturated carbocycles. The maximum Gasteiger partial charge on any atom is 0.305 e. The van der Waals surface area contributed by atoms with Crippen molar-refractivity contribution in [1.82, 2.24) is 0 Å². The molecular weight excluding hydrogens is 1720 g/mol. The van der Waals surface area contributed by atoms with Crippen LogP contribution in [0, 0.1) is 29.6 Å². The predicted octanol–water partition coefficient (Wildman–Crippen LogP) is 5.81. The summed E-state index contributed by atoms with van der Waals surface area (Å²) in [7, 11) is 1.44. The molecule has 0 aromatic rings. The molecule has 40 heavy (non-hydrogen) atoms. The number of methoxy groups -OCH3 is 1. The van der Waals surface area contributed by atoms with E-state index in [2.05, 4.69) is 53.2 Å². The molecule has 2 nitrogen and oxygen atoms in total. The Hall–Kier alpha value is 15.8. The summed E-state index contributed by atoms with van der Waals surface area (Å²) in [6.07, 6.45) is 18.8. The molecule has 0 aliphatic rings. The Morgan fingerprint density at radius 3 is 1.27 bits per heavy atom. The van der Waals surface area contributed by atoms with Crippen LogP contribution >= 0.6 is 0 Å². The van der Waals surface area contributed by atoms with E-state index in [1.54, 1.807) is 0 Å². The van der Waals surface area contributed by atoms with E-state index in [0.29, 0.717) is 6.42 Å². The maximum absolute atomic E-state index is 11.5. The molecule has 0 aromatic carbocycles. The van der Waals surface area contributed by atoms with Crippen LogP contribution in [0.5, 0.6) is 0 Å². The largest absolute Gasteiger partial charge is 0.469 e. The van der Waals surface area contributed by atoms with Gasteiger partial charge in [-0.3, -0.25) is 10.9 Å². The third-order valence-corrected chi connectivity index (χ3v) is 4.67. The van der Waals surface area contributed by atoms with E-state index in [0.717, 1.165) is 0 Å². The minimum atomic E-state index is -0.154. The van der Waals surface area contributed by atoms with Crippen LogP contribution in [-0.4, -0.2) is 13.1 Å². The fourth-order valence-corrected chi connectivity index (χ4v) is 1.95. The number of esters is 1. The standard InChI is InChI=1S/C22H33O2.16Y/c1-8-18(2)15-13-11-9-10-12-14-16-19(3)22(5,6)20(4)17-21(23)24-7;;;;;;;;;;;;;;;;/h8-16,20H,17H2,1-7H3;;;;;;;;;;;;;;;;/q-3;;;;;;;;;;;;;;;;/b11-9+,12-10-,15-13+,16-14+;;;;;;;;;;;;;;;;. The Balaban J connectivity index is -0.0000000220. The van der Waals surface area contributed by atoms with E-state index in [4.69, 9.17) is 4.74 Å². The van der Waals surface area contributed by atoms with Crippen molar-refractivity contribution in [2.45, 2.75) is 48.0 Å². The van der Waals surface area contributed by atoms with E-state index in [9.17, 15) is 4.79 Å². The number of carbonyl (C=O) groups is 1. The Labute approximate surface area is 651 Å². The maximum atomic E-state index is 11.5. The topological polar surface area (TPSA) is 26.3 Å². The second kappa shape index (κ2) is 79.1. The summed E-state index contributed by atoms with van der Waals surface area (Å²) >= 11 is 0. The molecule has 1 atom stereocenters. The van der Waals surface area contributed by atoms with Crippen molar-refractivity contribution < 1.29 is 533 Å². The average Bonchev–Trinajstić information content (AvgIpc) is 2.56. The molecule has 0 aliphatic carbocycles. The van der Waals surface area contributed by atoms with Gasteiger partial charge < -0.3 is 17.1 Å². The zero-order valence-electron chi connectivity index (χ0n) is 25.5. The summed E-state index contributed by atoms with van der Waals surface area (Å²) in [5.74, 6) is 2.56. The van der Waals surface area contributed by atoms with Gasteiger partial charge in [-0.25, -0.2) is 31.1 Å². The summed E-state index contributed by atoms with van der Waals surface area (Å²) in [5.41, 5.74) is -0.0544. The summed E-state index contributed by atoms with van der Waals surface area (Å²) < 4.78 is 4.77. The Morgan fingerprint density at radius 2 is 0.975 bits per heavy atom. The van der Waals surface area contributed by atoms with Gasteiger partial charge in [-0.1, -0.05) is 38.3 Å². The predicted molar refractivity (Wildman–Crippen MR) is 104 cm³/mol. The first-order valence-corrected chi connectivity index (χ1v) is 8.47. The first-order valence-electron chi connectivity index (χ1n) is 8.47. The molecule has 0 saturated heterocycles. The van der Waals surface area contributed by atoms with Gasteiger partial charge in [-0.15, -0.1) is 26.0 Å². The zero-order valence-corrected chi connectivity index (χ0v) is 70.9. The van der Waals surface area contributed by atoms with Gasteiger partial charge in [0, 0.05) is 530 Å². The van der Waals surface area contributed by atoms with Gasteiger partial charge >= 0.3 is 5.97 Å². The van der Waals surface area contributed by atoms with E-state index in [1.165, 1.54) is 18.9 Å². The smallest absolute Gasteiger partial charge is 0.305 e. The summed E-state index contributed by atoms with van der Waals surface area (Å²) in [6.45, 7) is 12.6. The number of ether oxygens (including phenoxy) is 1. The van der Waals surface area contributed by atoms with Gasteiger partial charge in [0.05, 0.1) is 7.11 Å². The van der Waals surface area contributed by atoms with Gasteiger partial charge in [-0.2, -0.15) is 0 Å². The van der Waals surface area contributed by atoms with E-state index in [-0.39, 0.29) is 541 Å². The number of hydrogen-bond donors (Lipinski definition) is 0. The molecule has 0 aliphatic heterocycles. The molecule has 0 aromatic heterocycles. The number of rotatable bonds is 10. The second-order valence-corrected chi connectivity index (χ2v) is 6.61. The number of allylic oxidation sites excluding steroid dienone is 8. The summed E-state index contributed by atoms with van der Waals surface area (Å²) in [5, 5.41) is 0. The first kappa shape index (κ1) is 111. The first-order chi connectivity index (χ1) is 11.3. The van der Waals surface area contributed by atoms with Gasteiger partial charge in [-0.05, 0) is 5.92 Å². The van der Waals surface area contributed by atoms with Crippen LogP contribution in [0.4, 0.5) is 0 Å². The molecule has 1 unspecified atom stereocenters. The molecular formula is C22H33O2Y16-3. The third-order valence-electron chi connectivity index (χ3n) is 4.67. The molecule has 16 radical (unpaired) electrons. The Morgan fingerprint density at radius 1 is 0.675 bits per heavy atom. The molecule has 0 fully saturated rings. The summed E-state index contributed by atoms with van der Waals surface area (Å²) in [4.78, 5) is 11.5. The molecule has 0 rings (SSSR count). The van der Waals surface area contributed by atoms with Crippen LogP contribution in [0.25, 0.3) is 0 Å². The van der Waals surface area contributed by atoms with Gasteiger partial charge in [0.2, 0.25) is 0 Å². The SMILES string of the molecule is C[CH-][C-](C)/C=C/C=C/C=C\C=C\[C-](C)C(C)(C)C(C)CC(=O)OC.[Y].[Y].[Y].[Y].[Y].[Y].[Y].[Y].[Y].[Y].[Y].[Y].[Y].[Y].[Y].[Y]. The molecule has 0 spiro atoms. The van der Waals surface area contributed by atoms with E-state index < -0.39 is 0 Å². The zero-order chi connectivity index (χ0) is 18.6. The average molecular weight is 1750 g/mol. The number of carbonyl (C=O) groups excluding carboxylic acids is 1. The van der Waals surface area contributed by atoms with Crippen LogP contribution in [0.3, 0.4) is 0 Å². The van der Waals surface area contributed by atoms with Crippen LogP contribution < -0.4 is 0 Å². The Kier molecular flexibility index (Phi) is 220. The van der Waals surface area contributed by atoms with E-state index in [1.807, 2.05) is 43.4 Å². The van der Waals surface area contributed by atoms with Crippen molar-refractivity contribution in [2.24, 2.45) is 11.3 Å². The van der Waals surface area contributed by atoms with Crippen LogP contribution in [0.15, 0.2) is 48.6 Å². The van der Waals surface area contributed by atoms with Crippen molar-refractivity contribution in [3.05, 3.63) is 66.9 Å². The second-order valence-electron chi connectivity index (χ2n) is 6.61. The normalized spacial score (nSPS) is 8.47. The van der Waals surface area contributed by atoms with Crippen molar-refractivity contribution in [2.75, 3.05) is 7.11 Å². The van der Waals surface area contributed by atoms with Gasteiger partial charge in [0.15, 0.2) is 0 Å².